The molecule has 152 valence electrons. The molecule has 2 amide bonds. The summed E-state index contributed by atoms with van der Waals surface area (Å²) in [6, 6.07) is 9.46. The summed E-state index contributed by atoms with van der Waals surface area (Å²) >= 11 is 0. The molecule has 0 saturated heterocycles. The van der Waals surface area contributed by atoms with E-state index in [1.54, 1.807) is 48.2 Å². The predicted molar refractivity (Wildman–Crippen MR) is 108 cm³/mol. The van der Waals surface area contributed by atoms with Crippen LogP contribution in [0, 0.1) is 11.3 Å². The second-order valence-corrected chi connectivity index (χ2v) is 7.24. The number of carbonyl (C=O) groups is 2. The van der Waals surface area contributed by atoms with Crippen molar-refractivity contribution >= 4 is 17.5 Å². The number of amides is 2. The number of anilines is 1. The molecule has 1 fully saturated rings. The van der Waals surface area contributed by atoms with Gasteiger partial charge in [-0.2, -0.15) is 5.26 Å². The molecule has 0 bridgehead atoms. The fourth-order valence-corrected chi connectivity index (χ4v) is 3.55. The summed E-state index contributed by atoms with van der Waals surface area (Å²) in [4.78, 5) is 28.5. The summed E-state index contributed by atoms with van der Waals surface area (Å²) in [5.74, 6) is 0.411. The Balaban J connectivity index is 1.92. The van der Waals surface area contributed by atoms with Crippen molar-refractivity contribution in [2.45, 2.75) is 44.6 Å². The molecule has 7 heteroatoms. The molecule has 0 atom stereocenters. The summed E-state index contributed by atoms with van der Waals surface area (Å²) < 4.78 is 5.10. The van der Waals surface area contributed by atoms with Crippen LogP contribution in [0.25, 0.3) is 0 Å². The number of benzene rings is 1. The lowest BCUT2D eigenvalue weighted by atomic mass is 9.81. The molecule has 0 heterocycles. The van der Waals surface area contributed by atoms with Gasteiger partial charge in [-0.1, -0.05) is 26.2 Å². The van der Waals surface area contributed by atoms with Crippen molar-refractivity contribution in [2.75, 3.05) is 39.1 Å². The molecular weight excluding hydrogens is 356 g/mol. The maximum Gasteiger partial charge on any atom is 0.238 e. The van der Waals surface area contributed by atoms with Gasteiger partial charge in [0.1, 0.15) is 11.3 Å². The van der Waals surface area contributed by atoms with Gasteiger partial charge in [-0.3, -0.25) is 14.5 Å². The number of nitrogens with zero attached hydrogens (tertiary/aromatic N) is 3. The minimum Gasteiger partial charge on any atom is -0.497 e. The van der Waals surface area contributed by atoms with Crippen LogP contribution in [0.1, 0.15) is 39.0 Å². The Morgan fingerprint density at radius 2 is 1.82 bits per heavy atom. The molecule has 1 aromatic rings. The average Bonchev–Trinajstić information content (AvgIpc) is 2.73. The number of nitrogens with one attached hydrogen (secondary N) is 1. The van der Waals surface area contributed by atoms with Crippen LogP contribution < -0.4 is 10.1 Å². The highest BCUT2D eigenvalue weighted by molar-refractivity contribution is 5.92. The van der Waals surface area contributed by atoms with Gasteiger partial charge in [-0.15, -0.1) is 0 Å². The Hall–Kier alpha value is -2.59. The first kappa shape index (κ1) is 21.7. The van der Waals surface area contributed by atoms with Crippen LogP contribution in [0.15, 0.2) is 24.3 Å². The van der Waals surface area contributed by atoms with E-state index in [0.717, 1.165) is 37.9 Å². The Morgan fingerprint density at radius 1 is 1.18 bits per heavy atom. The lowest BCUT2D eigenvalue weighted by Crippen LogP contribution is -2.53. The fraction of sp³-hybridized carbons (Fsp3) is 0.571. The highest BCUT2D eigenvalue weighted by Crippen LogP contribution is 2.32. The summed E-state index contributed by atoms with van der Waals surface area (Å²) in [6.45, 7) is 2.71. The summed E-state index contributed by atoms with van der Waals surface area (Å²) in [6.07, 6.45) is 4.48. The first-order valence-corrected chi connectivity index (χ1v) is 9.78. The number of rotatable bonds is 8. The molecule has 7 nitrogen and oxygen atoms in total. The van der Waals surface area contributed by atoms with Crippen molar-refractivity contribution in [1.29, 1.82) is 5.26 Å². The van der Waals surface area contributed by atoms with Gasteiger partial charge >= 0.3 is 0 Å². The third-order valence-corrected chi connectivity index (χ3v) is 5.45. The smallest absolute Gasteiger partial charge is 0.238 e. The van der Waals surface area contributed by atoms with Crippen LogP contribution in [0.5, 0.6) is 5.75 Å². The van der Waals surface area contributed by atoms with Gasteiger partial charge in [0.25, 0.3) is 0 Å². The second-order valence-electron chi connectivity index (χ2n) is 7.24. The van der Waals surface area contributed by atoms with Crippen LogP contribution in [0.3, 0.4) is 0 Å². The fourth-order valence-electron chi connectivity index (χ4n) is 3.55. The number of hydrogen-bond donors (Lipinski definition) is 1. The second kappa shape index (κ2) is 10.1. The molecule has 1 saturated carbocycles. The number of ether oxygens (including phenoxy) is 1. The Kier molecular flexibility index (Phi) is 7.82. The van der Waals surface area contributed by atoms with E-state index in [0.29, 0.717) is 12.2 Å². The maximum absolute atomic E-state index is 12.8. The van der Waals surface area contributed by atoms with Gasteiger partial charge in [-0.25, -0.2) is 0 Å². The summed E-state index contributed by atoms with van der Waals surface area (Å²) in [5.41, 5.74) is -0.0314. The van der Waals surface area contributed by atoms with Crippen molar-refractivity contribution in [1.82, 2.24) is 9.80 Å². The van der Waals surface area contributed by atoms with E-state index >= 15 is 0 Å². The van der Waals surface area contributed by atoms with Gasteiger partial charge in [0.15, 0.2) is 0 Å². The average molecular weight is 386 g/mol. The molecule has 2 rings (SSSR count). The molecule has 1 aromatic carbocycles. The highest BCUT2D eigenvalue weighted by Gasteiger charge is 2.39. The van der Waals surface area contributed by atoms with Crippen LogP contribution in [-0.2, 0) is 9.59 Å². The van der Waals surface area contributed by atoms with Gasteiger partial charge in [-0.05, 0) is 43.7 Å². The zero-order valence-electron chi connectivity index (χ0n) is 17.0. The molecule has 0 aliphatic heterocycles. The van der Waals surface area contributed by atoms with Crippen molar-refractivity contribution in [2.24, 2.45) is 0 Å². The van der Waals surface area contributed by atoms with Gasteiger partial charge < -0.3 is 15.0 Å². The minimum absolute atomic E-state index is 0.113. The topological polar surface area (TPSA) is 85.7 Å². The lowest BCUT2D eigenvalue weighted by Gasteiger charge is -2.39. The molecule has 1 aliphatic rings. The van der Waals surface area contributed by atoms with Crippen molar-refractivity contribution in [3.63, 3.8) is 0 Å². The third kappa shape index (κ3) is 5.46. The summed E-state index contributed by atoms with van der Waals surface area (Å²) in [5, 5.41) is 12.5. The first-order valence-electron chi connectivity index (χ1n) is 9.78. The number of hydrogen-bond acceptors (Lipinski definition) is 5. The SMILES string of the molecule is CCN(CC(=O)Nc1ccc(OC)cc1)CC(=O)N(C)C1(C#N)CCCCC1. The quantitative estimate of drug-likeness (QED) is 0.742. The maximum atomic E-state index is 12.8. The Morgan fingerprint density at radius 3 is 2.36 bits per heavy atom. The molecule has 0 spiro atoms. The molecular formula is C21H30N4O3. The standard InChI is InChI=1S/C21H30N4O3/c1-4-25(14-19(26)23-17-8-10-18(28-3)11-9-17)15-20(27)24(2)21(16-22)12-6-5-7-13-21/h8-11H,4-7,12-15H2,1-3H3,(H,23,26). The number of nitriles is 1. The molecule has 28 heavy (non-hydrogen) atoms. The van der Waals surface area contributed by atoms with Gasteiger partial charge in [0, 0.05) is 12.7 Å². The third-order valence-electron chi connectivity index (χ3n) is 5.45. The van der Waals surface area contributed by atoms with Crippen molar-refractivity contribution in [3.8, 4) is 11.8 Å². The van der Waals surface area contributed by atoms with E-state index in [-0.39, 0.29) is 24.9 Å². The van der Waals surface area contributed by atoms with E-state index < -0.39 is 5.54 Å². The largest absolute Gasteiger partial charge is 0.497 e. The van der Waals surface area contributed by atoms with Gasteiger partial charge in [0.2, 0.25) is 11.8 Å². The van der Waals surface area contributed by atoms with E-state index in [1.165, 1.54) is 0 Å². The van der Waals surface area contributed by atoms with E-state index in [4.69, 9.17) is 4.74 Å². The zero-order chi connectivity index (χ0) is 20.6. The van der Waals surface area contributed by atoms with E-state index in [2.05, 4.69) is 11.4 Å². The van der Waals surface area contributed by atoms with Crippen molar-refractivity contribution in [3.05, 3.63) is 24.3 Å². The number of carbonyl (C=O) groups excluding carboxylic acids is 2. The number of methoxy groups -OCH3 is 1. The normalized spacial score (nSPS) is 15.5. The molecule has 1 N–H and O–H groups in total. The Bertz CT molecular complexity index is 705. The van der Waals surface area contributed by atoms with E-state index in [9.17, 15) is 14.9 Å². The predicted octanol–water partition coefficient (Wildman–Crippen LogP) is 2.64. The van der Waals surface area contributed by atoms with Crippen LogP contribution >= 0.6 is 0 Å². The summed E-state index contributed by atoms with van der Waals surface area (Å²) in [7, 11) is 3.30. The minimum atomic E-state index is -0.708. The highest BCUT2D eigenvalue weighted by atomic mass is 16.5. The van der Waals surface area contributed by atoms with Crippen molar-refractivity contribution < 1.29 is 14.3 Å². The lowest BCUT2D eigenvalue weighted by molar-refractivity contribution is -0.136. The monoisotopic (exact) mass is 386 g/mol. The molecule has 0 unspecified atom stereocenters. The molecule has 0 aromatic heterocycles. The Labute approximate surface area is 167 Å². The first-order chi connectivity index (χ1) is 13.4. The molecule has 1 aliphatic carbocycles. The van der Waals surface area contributed by atoms with Crippen LogP contribution in [0.2, 0.25) is 0 Å². The zero-order valence-corrected chi connectivity index (χ0v) is 17.0. The number of likely N-dealkylation sites (N-methyl/N-ethyl adjacent to an activating group) is 2. The molecule has 0 radical (unpaired) electrons. The van der Waals surface area contributed by atoms with Crippen LogP contribution in [-0.4, -0.2) is 60.9 Å². The van der Waals surface area contributed by atoms with Gasteiger partial charge in [0.05, 0.1) is 26.3 Å². The van der Waals surface area contributed by atoms with E-state index in [1.807, 2.05) is 6.92 Å². The van der Waals surface area contributed by atoms with Crippen LogP contribution in [0.4, 0.5) is 5.69 Å².